The SMILES string of the molecule is COc1cc2c(Oc3ccc([N+](=O)[O-])cc3F)c(F)cnc2cc1OCc1ccccc1. The molecule has 0 N–H and O–H groups in total. The molecule has 7 nitrogen and oxygen atoms in total. The van der Waals surface area contributed by atoms with Gasteiger partial charge in [-0.05, 0) is 17.7 Å². The summed E-state index contributed by atoms with van der Waals surface area (Å²) in [5, 5.41) is 11.0. The molecular formula is C23H16F2N2O5. The molecule has 9 heteroatoms. The topological polar surface area (TPSA) is 83.7 Å². The Labute approximate surface area is 181 Å². The van der Waals surface area contributed by atoms with E-state index >= 15 is 0 Å². The average Bonchev–Trinajstić information content (AvgIpc) is 2.80. The van der Waals surface area contributed by atoms with Gasteiger partial charge < -0.3 is 14.2 Å². The maximum Gasteiger partial charge on any atom is 0.272 e. The van der Waals surface area contributed by atoms with Crippen LogP contribution >= 0.6 is 0 Å². The summed E-state index contributed by atoms with van der Waals surface area (Å²) in [6, 6.07) is 15.4. The molecule has 0 atom stereocenters. The third-order valence-electron chi connectivity index (χ3n) is 4.64. The molecule has 0 aliphatic heterocycles. The molecule has 0 saturated heterocycles. The summed E-state index contributed by atoms with van der Waals surface area (Å²) in [5.74, 6) is -1.82. The number of nitrogens with zero attached hydrogens (tertiary/aromatic N) is 2. The highest BCUT2D eigenvalue weighted by Crippen LogP contribution is 2.39. The van der Waals surface area contributed by atoms with Crippen LogP contribution in [0.4, 0.5) is 14.5 Å². The van der Waals surface area contributed by atoms with E-state index in [4.69, 9.17) is 14.2 Å². The smallest absolute Gasteiger partial charge is 0.272 e. The molecule has 32 heavy (non-hydrogen) atoms. The summed E-state index contributed by atoms with van der Waals surface area (Å²) in [6.45, 7) is 0.279. The van der Waals surface area contributed by atoms with Gasteiger partial charge in [-0.15, -0.1) is 0 Å². The first-order valence-electron chi connectivity index (χ1n) is 9.41. The fourth-order valence-electron chi connectivity index (χ4n) is 3.06. The molecule has 0 unspecified atom stereocenters. The third kappa shape index (κ3) is 4.27. The van der Waals surface area contributed by atoms with Crippen LogP contribution in [-0.2, 0) is 6.61 Å². The van der Waals surface area contributed by atoms with Gasteiger partial charge in [0.25, 0.3) is 5.69 Å². The summed E-state index contributed by atoms with van der Waals surface area (Å²) >= 11 is 0. The van der Waals surface area contributed by atoms with Crippen LogP contribution in [-0.4, -0.2) is 17.0 Å². The van der Waals surface area contributed by atoms with Gasteiger partial charge >= 0.3 is 0 Å². The number of rotatable bonds is 7. The first-order chi connectivity index (χ1) is 15.5. The second-order valence-electron chi connectivity index (χ2n) is 6.70. The quantitative estimate of drug-likeness (QED) is 0.268. The predicted octanol–water partition coefficient (Wildman–Crippen LogP) is 5.80. The number of pyridine rings is 1. The number of nitro benzene ring substituents is 1. The molecule has 1 aromatic heterocycles. The van der Waals surface area contributed by atoms with E-state index in [0.29, 0.717) is 23.1 Å². The van der Waals surface area contributed by atoms with Crippen LogP contribution in [0.1, 0.15) is 5.56 Å². The zero-order valence-corrected chi connectivity index (χ0v) is 16.7. The van der Waals surface area contributed by atoms with Crippen molar-refractivity contribution < 1.29 is 27.9 Å². The largest absolute Gasteiger partial charge is 0.493 e. The Morgan fingerprint density at radius 2 is 1.75 bits per heavy atom. The van der Waals surface area contributed by atoms with Gasteiger partial charge in [0.1, 0.15) is 6.61 Å². The van der Waals surface area contributed by atoms with Crippen LogP contribution in [0.3, 0.4) is 0 Å². The summed E-state index contributed by atoms with van der Waals surface area (Å²) in [7, 11) is 1.43. The minimum atomic E-state index is -1.00. The molecule has 0 spiro atoms. The van der Waals surface area contributed by atoms with Crippen molar-refractivity contribution in [2.75, 3.05) is 7.11 Å². The lowest BCUT2D eigenvalue weighted by Gasteiger charge is -2.14. The Balaban J connectivity index is 1.70. The number of fused-ring (bicyclic) bond motifs is 1. The maximum absolute atomic E-state index is 14.6. The molecule has 4 aromatic rings. The molecule has 0 amide bonds. The van der Waals surface area contributed by atoms with Crippen LogP contribution in [0.25, 0.3) is 10.9 Å². The fraction of sp³-hybridized carbons (Fsp3) is 0.0870. The number of hydrogen-bond acceptors (Lipinski definition) is 6. The highest BCUT2D eigenvalue weighted by atomic mass is 19.1. The molecule has 0 fully saturated rings. The van der Waals surface area contributed by atoms with Crippen molar-refractivity contribution in [3.05, 3.63) is 94.2 Å². The standard InChI is InChI=1S/C23H16F2N2O5/c1-30-21-10-16-19(11-22(21)31-13-14-5-3-2-4-6-14)26-12-18(25)23(16)32-20-8-7-15(27(28)29)9-17(20)24/h2-12H,13H2,1H3. The van der Waals surface area contributed by atoms with Gasteiger partial charge in [-0.1, -0.05) is 30.3 Å². The van der Waals surface area contributed by atoms with Crippen molar-refractivity contribution in [1.82, 2.24) is 4.98 Å². The lowest BCUT2D eigenvalue weighted by Crippen LogP contribution is -2.00. The average molecular weight is 438 g/mol. The number of aromatic nitrogens is 1. The minimum Gasteiger partial charge on any atom is -0.493 e. The third-order valence-corrected chi connectivity index (χ3v) is 4.64. The van der Waals surface area contributed by atoms with Crippen LogP contribution in [0.15, 0.2) is 66.9 Å². The second-order valence-corrected chi connectivity index (χ2v) is 6.70. The van der Waals surface area contributed by atoms with Crippen molar-refractivity contribution >= 4 is 16.6 Å². The molecule has 3 aromatic carbocycles. The molecular weight excluding hydrogens is 422 g/mol. The van der Waals surface area contributed by atoms with Crippen LogP contribution in [0.2, 0.25) is 0 Å². The molecule has 1 heterocycles. The molecule has 0 aliphatic carbocycles. The summed E-state index contributed by atoms with van der Waals surface area (Å²) in [4.78, 5) is 14.1. The van der Waals surface area contributed by atoms with Crippen molar-refractivity contribution in [3.8, 4) is 23.0 Å². The lowest BCUT2D eigenvalue weighted by molar-refractivity contribution is -0.385. The van der Waals surface area contributed by atoms with E-state index in [0.717, 1.165) is 23.9 Å². The number of benzene rings is 3. The number of hydrogen-bond donors (Lipinski definition) is 0. The zero-order valence-electron chi connectivity index (χ0n) is 16.7. The van der Waals surface area contributed by atoms with Crippen LogP contribution in [0, 0.1) is 21.7 Å². The number of nitro groups is 1. The fourth-order valence-corrected chi connectivity index (χ4v) is 3.06. The van der Waals surface area contributed by atoms with Crippen LogP contribution < -0.4 is 14.2 Å². The Bertz CT molecular complexity index is 1300. The van der Waals surface area contributed by atoms with Gasteiger partial charge in [-0.2, -0.15) is 0 Å². The maximum atomic E-state index is 14.6. The van der Waals surface area contributed by atoms with Crippen LogP contribution in [0.5, 0.6) is 23.0 Å². The van der Waals surface area contributed by atoms with E-state index in [-0.39, 0.29) is 23.5 Å². The minimum absolute atomic E-state index is 0.215. The summed E-state index contributed by atoms with van der Waals surface area (Å²) < 4.78 is 45.5. The Morgan fingerprint density at radius 1 is 0.969 bits per heavy atom. The molecule has 4 rings (SSSR count). The number of halogens is 2. The molecule has 162 valence electrons. The summed E-state index contributed by atoms with van der Waals surface area (Å²) in [6.07, 6.45) is 0.939. The van der Waals surface area contributed by atoms with Gasteiger partial charge in [-0.3, -0.25) is 15.1 Å². The monoisotopic (exact) mass is 438 g/mol. The van der Waals surface area contributed by atoms with Crippen molar-refractivity contribution in [2.45, 2.75) is 6.61 Å². The van der Waals surface area contributed by atoms with Gasteiger partial charge in [0.15, 0.2) is 34.6 Å². The molecule has 0 saturated carbocycles. The van der Waals surface area contributed by atoms with Gasteiger partial charge in [0.05, 0.1) is 29.8 Å². The molecule has 0 aliphatic rings. The number of ether oxygens (including phenoxy) is 3. The van der Waals surface area contributed by atoms with E-state index in [1.165, 1.54) is 13.2 Å². The Morgan fingerprint density at radius 3 is 2.44 bits per heavy atom. The number of non-ortho nitro benzene ring substituents is 1. The van der Waals surface area contributed by atoms with Gasteiger partial charge in [0, 0.05) is 17.5 Å². The Hall–Kier alpha value is -4.27. The molecule has 0 radical (unpaired) electrons. The zero-order chi connectivity index (χ0) is 22.7. The highest BCUT2D eigenvalue weighted by Gasteiger charge is 2.19. The Kier molecular flexibility index (Phi) is 5.80. The lowest BCUT2D eigenvalue weighted by atomic mass is 10.1. The van der Waals surface area contributed by atoms with E-state index in [1.807, 2.05) is 30.3 Å². The first-order valence-corrected chi connectivity index (χ1v) is 9.41. The normalized spacial score (nSPS) is 10.7. The summed E-state index contributed by atoms with van der Waals surface area (Å²) in [5.41, 5.74) is 0.823. The van der Waals surface area contributed by atoms with Crippen molar-refractivity contribution in [2.24, 2.45) is 0 Å². The van der Waals surface area contributed by atoms with E-state index < -0.39 is 22.2 Å². The van der Waals surface area contributed by atoms with Crippen molar-refractivity contribution in [1.29, 1.82) is 0 Å². The van der Waals surface area contributed by atoms with E-state index in [9.17, 15) is 18.9 Å². The van der Waals surface area contributed by atoms with Gasteiger partial charge in [-0.25, -0.2) is 8.78 Å². The van der Waals surface area contributed by atoms with Gasteiger partial charge in [0.2, 0.25) is 0 Å². The van der Waals surface area contributed by atoms with Crippen molar-refractivity contribution in [3.63, 3.8) is 0 Å². The van der Waals surface area contributed by atoms with E-state index in [2.05, 4.69) is 4.98 Å². The second kappa shape index (κ2) is 8.84. The molecule has 0 bridgehead atoms. The predicted molar refractivity (Wildman–Crippen MR) is 112 cm³/mol. The number of methoxy groups -OCH3 is 1. The first kappa shape index (κ1) is 21.0. The van der Waals surface area contributed by atoms with E-state index in [1.54, 1.807) is 6.07 Å². The highest BCUT2D eigenvalue weighted by molar-refractivity contribution is 5.88.